The molecule has 0 bridgehead atoms. The van der Waals surface area contributed by atoms with Crippen LogP contribution in [0, 0.1) is 6.92 Å². The van der Waals surface area contributed by atoms with Crippen molar-refractivity contribution in [1.29, 1.82) is 0 Å². The van der Waals surface area contributed by atoms with E-state index in [9.17, 15) is 9.90 Å². The number of hydrogen-bond donors (Lipinski definition) is 3. The Labute approximate surface area is 97.4 Å². The predicted molar refractivity (Wildman–Crippen MR) is 62.2 cm³/mol. The maximum absolute atomic E-state index is 11.2. The van der Waals surface area contributed by atoms with E-state index in [0.717, 1.165) is 11.1 Å². The third-order valence-corrected chi connectivity index (χ3v) is 2.42. The van der Waals surface area contributed by atoms with Gasteiger partial charge < -0.3 is 15.2 Å². The lowest BCUT2D eigenvalue weighted by atomic mass is 10.1. The first kappa shape index (κ1) is 11.2. The summed E-state index contributed by atoms with van der Waals surface area (Å²) in [4.78, 5) is 17.3. The van der Waals surface area contributed by atoms with Gasteiger partial charge in [-0.3, -0.25) is 4.79 Å². The maximum atomic E-state index is 11.2. The van der Waals surface area contributed by atoms with E-state index in [-0.39, 0.29) is 0 Å². The van der Waals surface area contributed by atoms with Crippen LogP contribution in [0.5, 0.6) is 11.6 Å². The summed E-state index contributed by atoms with van der Waals surface area (Å²) < 4.78 is 0. The number of nitrogens with one attached hydrogen (secondary N) is 1. The first-order chi connectivity index (χ1) is 8.06. The number of rotatable bonds is 2. The number of H-pyrrole nitrogens is 1. The van der Waals surface area contributed by atoms with E-state index in [1.165, 1.54) is 0 Å². The number of aromatic amines is 1. The molecule has 0 saturated carbocycles. The molecule has 1 aromatic carbocycles. The summed E-state index contributed by atoms with van der Waals surface area (Å²) in [5, 5.41) is 18.3. The molecule has 5 heteroatoms. The smallest absolute Gasteiger partial charge is 0.297 e. The minimum absolute atomic E-state index is 0.314. The van der Waals surface area contributed by atoms with Crippen LogP contribution in [0.4, 0.5) is 0 Å². The Hall–Kier alpha value is -2.30. The second-order valence-corrected chi connectivity index (χ2v) is 3.85. The molecule has 0 amide bonds. The number of aromatic hydroxyl groups is 2. The highest BCUT2D eigenvalue weighted by Crippen LogP contribution is 2.15. The van der Waals surface area contributed by atoms with Crippen molar-refractivity contribution in [1.82, 2.24) is 9.97 Å². The number of aryl methyl sites for hydroxylation is 1. The Balaban J connectivity index is 2.30. The zero-order valence-electron chi connectivity index (χ0n) is 9.27. The van der Waals surface area contributed by atoms with Crippen LogP contribution in [0.25, 0.3) is 0 Å². The Kier molecular flexibility index (Phi) is 2.82. The molecule has 0 aliphatic heterocycles. The molecule has 0 spiro atoms. The van der Waals surface area contributed by atoms with Gasteiger partial charge in [-0.1, -0.05) is 29.8 Å². The van der Waals surface area contributed by atoms with Crippen LogP contribution in [-0.2, 0) is 6.42 Å². The van der Waals surface area contributed by atoms with E-state index in [1.54, 1.807) is 0 Å². The van der Waals surface area contributed by atoms with Crippen LogP contribution >= 0.6 is 0 Å². The zero-order valence-corrected chi connectivity index (χ0v) is 9.27. The standard InChI is InChI=1S/C12H12N2O3/c1-7-2-4-8(5-3-7)6-9-13-11(16)10(15)12(17)14-9/h2-5,15H,6H2,1H3,(H2,13,14,16,17). The average Bonchev–Trinajstić information content (AvgIpc) is 2.29. The normalized spacial score (nSPS) is 10.4. The molecular weight excluding hydrogens is 220 g/mol. The quantitative estimate of drug-likeness (QED) is 0.723. The lowest BCUT2D eigenvalue weighted by Crippen LogP contribution is -2.11. The lowest BCUT2D eigenvalue weighted by molar-refractivity contribution is 0.379. The number of hydrogen-bond acceptors (Lipinski definition) is 4. The van der Waals surface area contributed by atoms with Gasteiger partial charge in [0, 0.05) is 6.42 Å². The van der Waals surface area contributed by atoms with Crippen molar-refractivity contribution in [2.45, 2.75) is 13.3 Å². The van der Waals surface area contributed by atoms with Gasteiger partial charge in [0.1, 0.15) is 5.82 Å². The van der Waals surface area contributed by atoms with Crippen LogP contribution in [0.2, 0.25) is 0 Å². The van der Waals surface area contributed by atoms with Crippen molar-refractivity contribution in [3.63, 3.8) is 0 Å². The predicted octanol–water partition coefficient (Wildman–Crippen LogP) is 1.08. The van der Waals surface area contributed by atoms with Crippen molar-refractivity contribution in [2.75, 3.05) is 0 Å². The van der Waals surface area contributed by atoms with Gasteiger partial charge in [-0.15, -0.1) is 0 Å². The van der Waals surface area contributed by atoms with E-state index in [4.69, 9.17) is 5.11 Å². The van der Waals surface area contributed by atoms with Gasteiger partial charge in [0.05, 0.1) is 0 Å². The van der Waals surface area contributed by atoms with Crippen LogP contribution in [0.1, 0.15) is 17.0 Å². The molecule has 2 aromatic rings. The topological polar surface area (TPSA) is 86.2 Å². The number of aromatic nitrogens is 2. The Morgan fingerprint density at radius 3 is 2.47 bits per heavy atom. The Morgan fingerprint density at radius 1 is 1.24 bits per heavy atom. The van der Waals surface area contributed by atoms with E-state index >= 15 is 0 Å². The van der Waals surface area contributed by atoms with Crippen LogP contribution in [0.15, 0.2) is 29.1 Å². The minimum Gasteiger partial charge on any atom is -0.499 e. The molecule has 0 fully saturated rings. The summed E-state index contributed by atoms with van der Waals surface area (Å²) in [6.07, 6.45) is 0.392. The first-order valence-corrected chi connectivity index (χ1v) is 5.13. The van der Waals surface area contributed by atoms with Crippen molar-refractivity contribution in [3.8, 4) is 11.6 Å². The van der Waals surface area contributed by atoms with Gasteiger partial charge in [-0.2, -0.15) is 4.98 Å². The molecule has 1 aromatic heterocycles. The van der Waals surface area contributed by atoms with E-state index in [0.29, 0.717) is 12.2 Å². The summed E-state index contributed by atoms with van der Waals surface area (Å²) in [6, 6.07) is 7.74. The van der Waals surface area contributed by atoms with Crippen LogP contribution in [-0.4, -0.2) is 20.2 Å². The summed E-state index contributed by atoms with van der Waals surface area (Å²) in [6.45, 7) is 1.98. The highest BCUT2D eigenvalue weighted by molar-refractivity contribution is 5.29. The van der Waals surface area contributed by atoms with Gasteiger partial charge in [0.2, 0.25) is 5.75 Å². The van der Waals surface area contributed by atoms with Gasteiger partial charge in [-0.25, -0.2) is 0 Å². The molecule has 1 heterocycles. The highest BCUT2D eigenvalue weighted by atomic mass is 16.3. The largest absolute Gasteiger partial charge is 0.499 e. The SMILES string of the molecule is Cc1ccc(Cc2nc(O)c(O)c(=O)[nH]2)cc1. The van der Waals surface area contributed by atoms with E-state index in [1.807, 2.05) is 31.2 Å². The number of benzene rings is 1. The second kappa shape index (κ2) is 4.29. The first-order valence-electron chi connectivity index (χ1n) is 5.13. The summed E-state index contributed by atoms with van der Waals surface area (Å²) >= 11 is 0. The monoisotopic (exact) mass is 232 g/mol. The molecule has 2 rings (SSSR count). The summed E-state index contributed by atoms with van der Waals surface area (Å²) in [5.74, 6) is -1.08. The fraction of sp³-hybridized carbons (Fsp3) is 0.167. The molecule has 0 aliphatic carbocycles. The molecule has 88 valence electrons. The van der Waals surface area contributed by atoms with Crippen LogP contribution < -0.4 is 5.56 Å². The zero-order chi connectivity index (χ0) is 12.4. The van der Waals surface area contributed by atoms with Crippen molar-refractivity contribution < 1.29 is 10.2 Å². The van der Waals surface area contributed by atoms with Gasteiger partial charge in [-0.05, 0) is 12.5 Å². The van der Waals surface area contributed by atoms with E-state index in [2.05, 4.69) is 9.97 Å². The molecule has 0 radical (unpaired) electrons. The summed E-state index contributed by atoms with van der Waals surface area (Å²) in [7, 11) is 0. The van der Waals surface area contributed by atoms with Crippen molar-refractivity contribution in [3.05, 3.63) is 51.6 Å². The molecule has 5 nitrogen and oxygen atoms in total. The Bertz CT molecular complexity index is 588. The number of nitrogens with zero attached hydrogens (tertiary/aromatic N) is 1. The molecular formula is C12H12N2O3. The van der Waals surface area contributed by atoms with Gasteiger partial charge >= 0.3 is 0 Å². The lowest BCUT2D eigenvalue weighted by Gasteiger charge is -2.03. The van der Waals surface area contributed by atoms with E-state index < -0.39 is 17.2 Å². The fourth-order valence-electron chi connectivity index (χ4n) is 1.48. The van der Waals surface area contributed by atoms with Gasteiger partial charge in [0.15, 0.2) is 0 Å². The molecule has 0 saturated heterocycles. The second-order valence-electron chi connectivity index (χ2n) is 3.85. The Morgan fingerprint density at radius 2 is 1.88 bits per heavy atom. The molecule has 0 atom stereocenters. The third kappa shape index (κ3) is 2.44. The fourth-order valence-corrected chi connectivity index (χ4v) is 1.48. The summed E-state index contributed by atoms with van der Waals surface area (Å²) in [5.41, 5.74) is 1.37. The highest BCUT2D eigenvalue weighted by Gasteiger charge is 2.08. The molecule has 0 unspecified atom stereocenters. The molecule has 17 heavy (non-hydrogen) atoms. The third-order valence-electron chi connectivity index (χ3n) is 2.42. The van der Waals surface area contributed by atoms with Crippen molar-refractivity contribution in [2.24, 2.45) is 0 Å². The average molecular weight is 232 g/mol. The van der Waals surface area contributed by atoms with Crippen molar-refractivity contribution >= 4 is 0 Å². The minimum atomic E-state index is -0.752. The molecule has 3 N–H and O–H groups in total. The van der Waals surface area contributed by atoms with Crippen LogP contribution in [0.3, 0.4) is 0 Å². The maximum Gasteiger partial charge on any atom is 0.297 e. The molecule has 0 aliphatic rings. The van der Waals surface area contributed by atoms with Gasteiger partial charge in [0.25, 0.3) is 11.4 Å².